The Balaban J connectivity index is 1.38. The Morgan fingerprint density at radius 2 is 1.64 bits per heavy atom. The lowest BCUT2D eigenvalue weighted by Gasteiger charge is -2.18. The van der Waals surface area contributed by atoms with E-state index in [1.54, 1.807) is 29.7 Å². The van der Waals surface area contributed by atoms with Crippen molar-refractivity contribution in [2.24, 2.45) is 0 Å². The zero-order valence-electron chi connectivity index (χ0n) is 19.2. The van der Waals surface area contributed by atoms with E-state index in [1.807, 2.05) is 90.3 Å². The SMILES string of the molecule is O=C(O)c1ccccc1CNC(c1nccc(-c2ccc(Oc3ccccc3)cc2)n1)c1cccs1. The molecule has 0 radical (unpaired) electrons. The van der Waals surface area contributed by atoms with Crippen molar-refractivity contribution >= 4 is 17.3 Å². The first-order chi connectivity index (χ1) is 17.7. The summed E-state index contributed by atoms with van der Waals surface area (Å²) in [5.41, 5.74) is 2.72. The number of nitrogens with zero attached hydrogens (tertiary/aromatic N) is 2. The Morgan fingerprint density at radius 1 is 0.889 bits per heavy atom. The van der Waals surface area contributed by atoms with Gasteiger partial charge in [-0.05, 0) is 65.5 Å². The molecule has 0 saturated carbocycles. The Bertz CT molecular complexity index is 1440. The number of nitrogens with one attached hydrogen (secondary N) is 1. The molecule has 5 rings (SSSR count). The van der Waals surface area contributed by atoms with Crippen LogP contribution >= 0.6 is 11.3 Å². The minimum Gasteiger partial charge on any atom is -0.478 e. The molecule has 6 nitrogen and oxygen atoms in total. The fourth-order valence-corrected chi connectivity index (χ4v) is 4.66. The molecule has 0 aliphatic carbocycles. The molecule has 2 aromatic heterocycles. The zero-order chi connectivity index (χ0) is 24.7. The van der Waals surface area contributed by atoms with Gasteiger partial charge in [-0.3, -0.25) is 5.32 Å². The predicted molar refractivity (Wildman–Crippen MR) is 140 cm³/mol. The summed E-state index contributed by atoms with van der Waals surface area (Å²) in [6.45, 7) is 0.365. The summed E-state index contributed by atoms with van der Waals surface area (Å²) in [5.74, 6) is 1.20. The van der Waals surface area contributed by atoms with E-state index >= 15 is 0 Å². The van der Waals surface area contributed by atoms with Gasteiger partial charge >= 0.3 is 5.97 Å². The van der Waals surface area contributed by atoms with Crippen LogP contribution in [0, 0.1) is 0 Å². The molecule has 2 N–H and O–H groups in total. The van der Waals surface area contributed by atoms with E-state index in [1.165, 1.54) is 0 Å². The fraction of sp³-hybridized carbons (Fsp3) is 0.0690. The summed E-state index contributed by atoms with van der Waals surface area (Å²) < 4.78 is 5.90. The number of carbonyl (C=O) groups is 1. The summed E-state index contributed by atoms with van der Waals surface area (Å²) in [6.07, 6.45) is 1.75. The standard InChI is InChI=1S/C29H23N3O3S/c33-29(34)24-10-5-4-7-21(24)19-31-27(26-11-6-18-36-26)28-30-17-16-25(32-28)20-12-14-23(15-13-20)35-22-8-2-1-3-9-22/h1-18,27,31H,19H2,(H,33,34). The molecule has 0 saturated heterocycles. The van der Waals surface area contributed by atoms with Gasteiger partial charge in [0.15, 0.2) is 5.82 Å². The maximum absolute atomic E-state index is 11.6. The largest absolute Gasteiger partial charge is 0.478 e. The molecule has 1 atom stereocenters. The molecule has 0 aliphatic heterocycles. The first-order valence-corrected chi connectivity index (χ1v) is 12.3. The van der Waals surface area contributed by atoms with Gasteiger partial charge in [-0.1, -0.05) is 42.5 Å². The lowest BCUT2D eigenvalue weighted by atomic mass is 10.1. The second-order valence-electron chi connectivity index (χ2n) is 8.03. The minimum atomic E-state index is -0.946. The molecule has 0 fully saturated rings. The van der Waals surface area contributed by atoms with Crippen molar-refractivity contribution in [2.75, 3.05) is 0 Å². The monoisotopic (exact) mass is 493 g/mol. The molecular weight excluding hydrogens is 470 g/mol. The van der Waals surface area contributed by atoms with Gasteiger partial charge in [0.05, 0.1) is 11.3 Å². The van der Waals surface area contributed by atoms with Crippen molar-refractivity contribution in [3.63, 3.8) is 0 Å². The summed E-state index contributed by atoms with van der Waals surface area (Å²) in [4.78, 5) is 22.1. The van der Waals surface area contributed by atoms with Gasteiger partial charge in [-0.15, -0.1) is 11.3 Å². The van der Waals surface area contributed by atoms with Crippen molar-refractivity contribution in [1.82, 2.24) is 15.3 Å². The number of aromatic carboxylic acids is 1. The fourth-order valence-electron chi connectivity index (χ4n) is 3.86. The van der Waals surface area contributed by atoms with Crippen LogP contribution < -0.4 is 10.1 Å². The number of aromatic nitrogens is 2. The first-order valence-electron chi connectivity index (χ1n) is 11.4. The van der Waals surface area contributed by atoms with Crippen LogP contribution in [-0.2, 0) is 6.54 Å². The molecule has 0 aliphatic rings. The van der Waals surface area contributed by atoms with Gasteiger partial charge in [0.2, 0.25) is 0 Å². The maximum Gasteiger partial charge on any atom is 0.336 e. The summed E-state index contributed by atoms with van der Waals surface area (Å²) in [5, 5.41) is 15.0. The molecule has 7 heteroatoms. The summed E-state index contributed by atoms with van der Waals surface area (Å²) >= 11 is 1.60. The first kappa shape index (κ1) is 23.4. The topological polar surface area (TPSA) is 84.3 Å². The highest BCUT2D eigenvalue weighted by molar-refractivity contribution is 7.10. The van der Waals surface area contributed by atoms with Gasteiger partial charge in [0, 0.05) is 23.2 Å². The van der Waals surface area contributed by atoms with Crippen LogP contribution in [0.2, 0.25) is 0 Å². The second-order valence-corrected chi connectivity index (χ2v) is 9.01. The van der Waals surface area contributed by atoms with Crippen LogP contribution in [0.25, 0.3) is 11.3 Å². The molecule has 3 aromatic carbocycles. The van der Waals surface area contributed by atoms with Gasteiger partial charge < -0.3 is 9.84 Å². The number of benzene rings is 3. The number of carboxylic acids is 1. The number of hydrogen-bond donors (Lipinski definition) is 2. The quantitative estimate of drug-likeness (QED) is 0.241. The van der Waals surface area contributed by atoms with Crippen molar-refractivity contribution in [3.05, 3.63) is 130 Å². The van der Waals surface area contributed by atoms with E-state index in [4.69, 9.17) is 9.72 Å². The Kier molecular flexibility index (Phi) is 7.12. The highest BCUT2D eigenvalue weighted by Gasteiger charge is 2.20. The number of para-hydroxylation sites is 1. The highest BCUT2D eigenvalue weighted by Crippen LogP contribution is 2.28. The number of hydrogen-bond acceptors (Lipinski definition) is 6. The third kappa shape index (κ3) is 5.49. The van der Waals surface area contributed by atoms with Crippen molar-refractivity contribution in [1.29, 1.82) is 0 Å². The van der Waals surface area contributed by atoms with E-state index in [2.05, 4.69) is 10.3 Å². The van der Waals surface area contributed by atoms with E-state index < -0.39 is 5.97 Å². The van der Waals surface area contributed by atoms with E-state index in [0.29, 0.717) is 17.9 Å². The van der Waals surface area contributed by atoms with Crippen molar-refractivity contribution < 1.29 is 14.6 Å². The van der Waals surface area contributed by atoms with Gasteiger partial charge in [0.25, 0.3) is 0 Å². The average molecular weight is 494 g/mol. The Morgan fingerprint density at radius 3 is 2.39 bits per heavy atom. The molecule has 0 amide bonds. The summed E-state index contributed by atoms with van der Waals surface area (Å²) in [6, 6.07) is 30.0. The van der Waals surface area contributed by atoms with Gasteiger partial charge in [0.1, 0.15) is 17.5 Å². The Hall–Kier alpha value is -4.33. The number of carboxylic acid groups (broad SMARTS) is 1. The van der Waals surface area contributed by atoms with Crippen LogP contribution in [0.5, 0.6) is 11.5 Å². The zero-order valence-corrected chi connectivity index (χ0v) is 20.1. The Labute approximate surface area is 212 Å². The molecule has 178 valence electrons. The normalized spacial score (nSPS) is 11.7. The highest BCUT2D eigenvalue weighted by atomic mass is 32.1. The van der Waals surface area contributed by atoms with Gasteiger partial charge in [-0.2, -0.15) is 0 Å². The lowest BCUT2D eigenvalue weighted by molar-refractivity contribution is 0.0695. The van der Waals surface area contributed by atoms with Crippen molar-refractivity contribution in [2.45, 2.75) is 12.6 Å². The second kappa shape index (κ2) is 10.9. The molecule has 0 spiro atoms. The van der Waals surface area contributed by atoms with E-state index in [0.717, 1.165) is 27.6 Å². The molecule has 36 heavy (non-hydrogen) atoms. The van der Waals surface area contributed by atoms with Crippen molar-refractivity contribution in [3.8, 4) is 22.8 Å². The predicted octanol–water partition coefficient (Wildman–Crippen LogP) is 6.57. The molecule has 1 unspecified atom stereocenters. The third-order valence-corrected chi connectivity index (χ3v) is 6.57. The lowest BCUT2D eigenvalue weighted by Crippen LogP contribution is -2.24. The number of rotatable bonds is 9. The third-order valence-electron chi connectivity index (χ3n) is 5.63. The van der Waals surface area contributed by atoms with Gasteiger partial charge in [-0.25, -0.2) is 14.8 Å². The smallest absolute Gasteiger partial charge is 0.336 e. The van der Waals surface area contributed by atoms with Crippen LogP contribution in [0.15, 0.2) is 109 Å². The molecular formula is C29H23N3O3S. The molecule has 0 bridgehead atoms. The van der Waals surface area contributed by atoms with E-state index in [-0.39, 0.29) is 11.6 Å². The summed E-state index contributed by atoms with van der Waals surface area (Å²) in [7, 11) is 0. The van der Waals surface area contributed by atoms with E-state index in [9.17, 15) is 9.90 Å². The van der Waals surface area contributed by atoms with Crippen LogP contribution in [-0.4, -0.2) is 21.0 Å². The minimum absolute atomic E-state index is 0.280. The molecule has 2 heterocycles. The van der Waals surface area contributed by atoms with Crippen LogP contribution in [0.1, 0.15) is 32.7 Å². The average Bonchev–Trinajstić information content (AvgIpc) is 3.45. The maximum atomic E-state index is 11.6. The van der Waals surface area contributed by atoms with Crippen LogP contribution in [0.4, 0.5) is 0 Å². The number of thiophene rings is 1. The number of ether oxygens (including phenoxy) is 1. The van der Waals surface area contributed by atoms with Crippen LogP contribution in [0.3, 0.4) is 0 Å². The molecule has 5 aromatic rings.